The van der Waals surface area contributed by atoms with Gasteiger partial charge in [-0.25, -0.2) is 4.98 Å². The lowest BCUT2D eigenvalue weighted by Crippen LogP contribution is -2.19. The number of benzene rings is 3. The normalized spacial score (nSPS) is 12.0. The van der Waals surface area contributed by atoms with E-state index in [9.17, 15) is 4.79 Å². The maximum atomic E-state index is 13.1. The second-order valence-electron chi connectivity index (χ2n) is 6.13. The number of nitrogens with one attached hydrogen (secondary N) is 1. The number of nitrogens with zero attached hydrogens (tertiary/aromatic N) is 1. The molecule has 4 rings (SSSR count). The number of hydrogen-bond acceptors (Lipinski definition) is 4. The summed E-state index contributed by atoms with van der Waals surface area (Å²) < 4.78 is 1.08. The van der Waals surface area contributed by atoms with Crippen LogP contribution in [0.5, 0.6) is 0 Å². The Bertz CT molecular complexity index is 1060. The van der Waals surface area contributed by atoms with Crippen molar-refractivity contribution in [2.75, 3.05) is 5.32 Å². The lowest BCUT2D eigenvalue weighted by molar-refractivity contribution is -0.115. The molecule has 27 heavy (non-hydrogen) atoms. The maximum Gasteiger partial charge on any atom is 0.242 e. The molecular weight excluding hydrogens is 372 g/mol. The summed E-state index contributed by atoms with van der Waals surface area (Å²) in [5, 5.41) is 3.78. The first-order valence-corrected chi connectivity index (χ1v) is 10.3. The van der Waals surface area contributed by atoms with Crippen molar-refractivity contribution >= 4 is 44.9 Å². The van der Waals surface area contributed by atoms with Crippen molar-refractivity contribution < 1.29 is 4.79 Å². The van der Waals surface area contributed by atoms with Gasteiger partial charge in [0.15, 0.2) is 0 Å². The highest BCUT2D eigenvalue weighted by molar-refractivity contribution is 8.00. The zero-order valence-electron chi connectivity index (χ0n) is 14.8. The van der Waals surface area contributed by atoms with Crippen molar-refractivity contribution in [3.05, 3.63) is 89.4 Å². The van der Waals surface area contributed by atoms with Crippen molar-refractivity contribution in [2.24, 2.45) is 0 Å². The Morgan fingerprint density at radius 1 is 1.00 bits per heavy atom. The van der Waals surface area contributed by atoms with Crippen molar-refractivity contribution in [1.29, 1.82) is 0 Å². The number of rotatable bonds is 5. The minimum absolute atomic E-state index is 0.0318. The number of aryl methyl sites for hydroxylation is 1. The molecule has 0 aliphatic heterocycles. The minimum atomic E-state index is -0.326. The summed E-state index contributed by atoms with van der Waals surface area (Å²) in [5.41, 5.74) is 2.75. The number of fused-ring (bicyclic) bond motifs is 1. The van der Waals surface area contributed by atoms with Crippen LogP contribution in [0.2, 0.25) is 0 Å². The van der Waals surface area contributed by atoms with E-state index in [0.717, 1.165) is 31.4 Å². The van der Waals surface area contributed by atoms with Crippen LogP contribution >= 0.6 is 23.1 Å². The highest BCUT2D eigenvalue weighted by Crippen LogP contribution is 2.36. The number of aromatic nitrogens is 1. The van der Waals surface area contributed by atoms with Crippen LogP contribution in [0.15, 0.2) is 83.8 Å². The molecule has 0 radical (unpaired) electrons. The third kappa shape index (κ3) is 4.21. The second-order valence-corrected chi connectivity index (χ2v) is 8.54. The molecular formula is C22H18N2OS2. The van der Waals surface area contributed by atoms with Gasteiger partial charge in [-0.05, 0) is 42.8 Å². The lowest BCUT2D eigenvalue weighted by Gasteiger charge is -2.17. The van der Waals surface area contributed by atoms with E-state index < -0.39 is 0 Å². The van der Waals surface area contributed by atoms with Crippen LogP contribution in [0.25, 0.3) is 10.2 Å². The fourth-order valence-corrected chi connectivity index (χ4v) is 4.77. The largest absolute Gasteiger partial charge is 0.325 e. The molecule has 0 aliphatic carbocycles. The molecule has 3 aromatic carbocycles. The van der Waals surface area contributed by atoms with E-state index in [4.69, 9.17) is 0 Å². The summed E-state index contributed by atoms with van der Waals surface area (Å²) in [6.07, 6.45) is 0. The molecule has 3 nitrogen and oxygen atoms in total. The van der Waals surface area contributed by atoms with Crippen LogP contribution in [0.1, 0.15) is 15.8 Å². The molecule has 1 atom stereocenters. The van der Waals surface area contributed by atoms with Crippen LogP contribution in [-0.4, -0.2) is 10.9 Å². The van der Waals surface area contributed by atoms with Crippen LogP contribution in [0.4, 0.5) is 5.69 Å². The highest BCUT2D eigenvalue weighted by atomic mass is 32.2. The molecule has 1 aromatic heterocycles. The van der Waals surface area contributed by atoms with Gasteiger partial charge in [0.25, 0.3) is 0 Å². The van der Waals surface area contributed by atoms with Crippen molar-refractivity contribution in [2.45, 2.75) is 17.1 Å². The molecule has 0 spiro atoms. The van der Waals surface area contributed by atoms with E-state index >= 15 is 0 Å². The van der Waals surface area contributed by atoms with E-state index in [1.165, 1.54) is 0 Å². The van der Waals surface area contributed by atoms with Crippen molar-refractivity contribution in [1.82, 2.24) is 4.98 Å². The van der Waals surface area contributed by atoms with Gasteiger partial charge in [0, 0.05) is 10.6 Å². The summed E-state index contributed by atoms with van der Waals surface area (Å²) in [6.45, 7) is 1.99. The zero-order valence-corrected chi connectivity index (χ0v) is 16.4. The number of thiazole rings is 1. The molecule has 5 heteroatoms. The second kappa shape index (κ2) is 7.94. The third-order valence-electron chi connectivity index (χ3n) is 4.10. The van der Waals surface area contributed by atoms with E-state index in [0.29, 0.717) is 0 Å². The first kappa shape index (κ1) is 17.8. The standard InChI is InChI=1S/C22H18N2OS2/c1-15-23-19-13-12-17(14-20(19)26-15)24-22(25)21(16-8-4-2-5-9-16)27-18-10-6-3-7-11-18/h2-14,21H,1H3,(H,24,25)/t21-/m0/s1. The quantitative estimate of drug-likeness (QED) is 0.420. The fraction of sp³-hybridized carbons (Fsp3) is 0.0909. The Balaban J connectivity index is 1.61. The van der Waals surface area contributed by atoms with E-state index in [-0.39, 0.29) is 11.2 Å². The van der Waals surface area contributed by atoms with Gasteiger partial charge in [-0.15, -0.1) is 23.1 Å². The molecule has 0 saturated carbocycles. The Morgan fingerprint density at radius 2 is 1.70 bits per heavy atom. The first-order chi connectivity index (χ1) is 13.2. The molecule has 0 bridgehead atoms. The molecule has 0 fully saturated rings. The number of amides is 1. The van der Waals surface area contributed by atoms with Gasteiger partial charge >= 0.3 is 0 Å². The summed E-state index contributed by atoms with van der Waals surface area (Å²) in [6, 6.07) is 25.8. The first-order valence-electron chi connectivity index (χ1n) is 8.64. The van der Waals surface area contributed by atoms with Crippen LogP contribution in [0, 0.1) is 6.92 Å². The highest BCUT2D eigenvalue weighted by Gasteiger charge is 2.22. The molecule has 0 saturated heterocycles. The Kier molecular flexibility index (Phi) is 5.23. The van der Waals surface area contributed by atoms with Gasteiger partial charge < -0.3 is 5.32 Å². The topological polar surface area (TPSA) is 42.0 Å². The van der Waals surface area contributed by atoms with Gasteiger partial charge in [-0.3, -0.25) is 4.79 Å². The number of anilines is 1. The maximum absolute atomic E-state index is 13.1. The molecule has 0 aliphatic rings. The number of thioether (sulfide) groups is 1. The Morgan fingerprint density at radius 3 is 2.44 bits per heavy atom. The number of carbonyl (C=O) groups is 1. The van der Waals surface area contributed by atoms with Crippen LogP contribution in [0.3, 0.4) is 0 Å². The SMILES string of the molecule is Cc1nc2ccc(NC(=O)[C@@H](Sc3ccccc3)c3ccccc3)cc2s1. The fourth-order valence-electron chi connectivity index (χ4n) is 2.86. The predicted molar refractivity (Wildman–Crippen MR) is 114 cm³/mol. The minimum Gasteiger partial charge on any atom is -0.325 e. The molecule has 1 N–H and O–H groups in total. The van der Waals surface area contributed by atoms with Crippen LogP contribution < -0.4 is 5.32 Å². The molecule has 1 heterocycles. The average Bonchev–Trinajstić information content (AvgIpc) is 3.07. The number of hydrogen-bond donors (Lipinski definition) is 1. The molecule has 4 aromatic rings. The smallest absolute Gasteiger partial charge is 0.242 e. The Labute approximate surface area is 166 Å². The monoisotopic (exact) mass is 390 g/mol. The molecule has 134 valence electrons. The number of carbonyl (C=O) groups excluding carboxylic acids is 1. The van der Waals surface area contributed by atoms with Crippen molar-refractivity contribution in [3.63, 3.8) is 0 Å². The van der Waals surface area contributed by atoms with E-state index in [2.05, 4.69) is 10.3 Å². The van der Waals surface area contributed by atoms with Gasteiger partial charge in [-0.1, -0.05) is 48.5 Å². The third-order valence-corrected chi connectivity index (χ3v) is 6.30. The van der Waals surface area contributed by atoms with Gasteiger partial charge in [-0.2, -0.15) is 0 Å². The molecule has 0 unspecified atom stereocenters. The Hall–Kier alpha value is -2.63. The van der Waals surface area contributed by atoms with E-state index in [1.807, 2.05) is 85.8 Å². The summed E-state index contributed by atoms with van der Waals surface area (Å²) in [7, 11) is 0. The average molecular weight is 391 g/mol. The summed E-state index contributed by atoms with van der Waals surface area (Å²) in [5.74, 6) is -0.0318. The van der Waals surface area contributed by atoms with Gasteiger partial charge in [0.05, 0.1) is 15.2 Å². The predicted octanol–water partition coefficient (Wildman–Crippen LogP) is 6.08. The zero-order chi connectivity index (χ0) is 18.6. The van der Waals surface area contributed by atoms with Gasteiger partial charge in [0.2, 0.25) is 5.91 Å². The van der Waals surface area contributed by atoms with Gasteiger partial charge in [0.1, 0.15) is 5.25 Å². The lowest BCUT2D eigenvalue weighted by atomic mass is 10.1. The van der Waals surface area contributed by atoms with Crippen molar-refractivity contribution in [3.8, 4) is 0 Å². The summed E-state index contributed by atoms with van der Waals surface area (Å²) in [4.78, 5) is 18.7. The van der Waals surface area contributed by atoms with E-state index in [1.54, 1.807) is 23.1 Å². The van der Waals surface area contributed by atoms with Crippen LogP contribution in [-0.2, 0) is 4.79 Å². The summed E-state index contributed by atoms with van der Waals surface area (Å²) >= 11 is 3.19. The molecule has 1 amide bonds.